The van der Waals surface area contributed by atoms with E-state index in [1.807, 2.05) is 48.5 Å². The van der Waals surface area contributed by atoms with Crippen LogP contribution in [0.3, 0.4) is 0 Å². The quantitative estimate of drug-likeness (QED) is 0.545. The number of aromatic nitrogens is 1. The zero-order valence-electron chi connectivity index (χ0n) is 16.9. The van der Waals surface area contributed by atoms with Crippen molar-refractivity contribution in [2.75, 3.05) is 31.6 Å². The topological polar surface area (TPSA) is 37.4 Å². The molecule has 29 heavy (non-hydrogen) atoms. The van der Waals surface area contributed by atoms with Crippen molar-refractivity contribution in [2.24, 2.45) is 11.8 Å². The zero-order chi connectivity index (χ0) is 19.5. The van der Waals surface area contributed by atoms with Crippen LogP contribution < -0.4 is 10.1 Å². The van der Waals surface area contributed by atoms with E-state index in [-0.39, 0.29) is 0 Å². The van der Waals surface area contributed by atoms with E-state index in [2.05, 4.69) is 27.3 Å². The minimum Gasteiger partial charge on any atom is -0.494 e. The molecule has 3 aromatic rings. The van der Waals surface area contributed by atoms with Gasteiger partial charge in [0.1, 0.15) is 11.6 Å². The molecule has 0 radical (unpaired) electrons. The number of para-hydroxylation sites is 1. The van der Waals surface area contributed by atoms with Crippen LogP contribution in [-0.4, -0.2) is 36.1 Å². The second-order valence-corrected chi connectivity index (χ2v) is 8.45. The van der Waals surface area contributed by atoms with E-state index < -0.39 is 0 Å². The molecule has 0 spiro atoms. The lowest BCUT2D eigenvalue weighted by atomic mass is 10.0. The van der Waals surface area contributed by atoms with Gasteiger partial charge in [0, 0.05) is 30.7 Å². The third-order valence-corrected chi connectivity index (χ3v) is 6.41. The van der Waals surface area contributed by atoms with Crippen molar-refractivity contribution in [2.45, 2.75) is 25.7 Å². The number of rotatable bonds is 7. The molecule has 1 saturated heterocycles. The zero-order valence-corrected chi connectivity index (χ0v) is 16.9. The first-order valence-corrected chi connectivity index (χ1v) is 10.9. The number of anilines is 2. The van der Waals surface area contributed by atoms with Gasteiger partial charge in [-0.3, -0.25) is 0 Å². The van der Waals surface area contributed by atoms with Gasteiger partial charge in [-0.15, -0.1) is 0 Å². The van der Waals surface area contributed by atoms with Gasteiger partial charge in [0.05, 0.1) is 12.1 Å². The molecule has 2 aliphatic rings. The summed E-state index contributed by atoms with van der Waals surface area (Å²) in [5, 5.41) is 4.53. The molecule has 2 unspecified atom stereocenters. The predicted octanol–water partition coefficient (Wildman–Crippen LogP) is 5.48. The average Bonchev–Trinajstić information content (AvgIpc) is 3.34. The van der Waals surface area contributed by atoms with E-state index in [0.717, 1.165) is 53.0 Å². The highest BCUT2D eigenvalue weighted by Crippen LogP contribution is 2.37. The van der Waals surface area contributed by atoms with Gasteiger partial charge >= 0.3 is 0 Å². The fourth-order valence-corrected chi connectivity index (χ4v) is 4.91. The van der Waals surface area contributed by atoms with Crippen LogP contribution in [-0.2, 0) is 0 Å². The first kappa shape index (κ1) is 18.4. The second-order valence-electron chi connectivity index (χ2n) is 8.45. The highest BCUT2D eigenvalue weighted by Gasteiger charge is 2.35. The number of pyridine rings is 1. The van der Waals surface area contributed by atoms with Crippen LogP contribution in [0.15, 0.2) is 60.7 Å². The van der Waals surface area contributed by atoms with Crippen LogP contribution in [0.5, 0.6) is 5.75 Å². The van der Waals surface area contributed by atoms with E-state index >= 15 is 0 Å². The molecule has 1 saturated carbocycles. The number of nitrogens with zero attached hydrogens (tertiary/aromatic N) is 2. The molecule has 2 heterocycles. The van der Waals surface area contributed by atoms with Gasteiger partial charge in [-0.2, -0.15) is 0 Å². The molecule has 1 aliphatic heterocycles. The number of fused-ring (bicyclic) bond motifs is 2. The Morgan fingerprint density at radius 3 is 2.55 bits per heavy atom. The van der Waals surface area contributed by atoms with Crippen molar-refractivity contribution >= 4 is 22.4 Å². The molecule has 150 valence electrons. The maximum absolute atomic E-state index is 5.95. The minimum atomic E-state index is 0.783. The van der Waals surface area contributed by atoms with E-state index in [4.69, 9.17) is 4.74 Å². The molecule has 2 fully saturated rings. The lowest BCUT2D eigenvalue weighted by Crippen LogP contribution is -2.24. The van der Waals surface area contributed by atoms with Crippen LogP contribution in [0.25, 0.3) is 10.9 Å². The summed E-state index contributed by atoms with van der Waals surface area (Å²) in [6.07, 6.45) is 5.45. The number of hydrogen-bond donors (Lipinski definition) is 1. The lowest BCUT2D eigenvalue weighted by Gasteiger charge is -2.16. The summed E-state index contributed by atoms with van der Waals surface area (Å²) in [4.78, 5) is 7.31. The summed E-state index contributed by atoms with van der Waals surface area (Å²) >= 11 is 0. The summed E-state index contributed by atoms with van der Waals surface area (Å²) in [6.45, 7) is 4.58. The van der Waals surface area contributed by atoms with Gasteiger partial charge in [-0.25, -0.2) is 4.98 Å². The summed E-state index contributed by atoms with van der Waals surface area (Å²) in [7, 11) is 0. The normalized spacial score (nSPS) is 21.4. The third kappa shape index (κ3) is 4.38. The van der Waals surface area contributed by atoms with Gasteiger partial charge in [-0.05, 0) is 73.6 Å². The minimum absolute atomic E-state index is 0.783. The first-order valence-electron chi connectivity index (χ1n) is 10.9. The predicted molar refractivity (Wildman–Crippen MR) is 119 cm³/mol. The summed E-state index contributed by atoms with van der Waals surface area (Å²) in [5.74, 6) is 3.74. The van der Waals surface area contributed by atoms with E-state index in [0.29, 0.717) is 0 Å². The fraction of sp³-hybridized carbons (Fsp3) is 0.400. The van der Waals surface area contributed by atoms with Crippen LogP contribution in [0.1, 0.15) is 25.7 Å². The molecule has 0 amide bonds. The Bertz CT molecular complexity index is 944. The molecular formula is C25H29N3O. The van der Waals surface area contributed by atoms with Crippen molar-refractivity contribution in [3.8, 4) is 5.75 Å². The Morgan fingerprint density at radius 2 is 1.72 bits per heavy atom. The van der Waals surface area contributed by atoms with Crippen molar-refractivity contribution < 1.29 is 4.74 Å². The van der Waals surface area contributed by atoms with Crippen molar-refractivity contribution in [1.82, 2.24) is 9.88 Å². The molecule has 0 bridgehead atoms. The number of likely N-dealkylation sites (tertiary alicyclic amines) is 1. The summed E-state index contributed by atoms with van der Waals surface area (Å²) in [6, 6.07) is 20.4. The van der Waals surface area contributed by atoms with Gasteiger partial charge in [0.15, 0.2) is 0 Å². The largest absolute Gasteiger partial charge is 0.494 e. The Labute approximate surface area is 172 Å². The average molecular weight is 388 g/mol. The van der Waals surface area contributed by atoms with Crippen molar-refractivity contribution in [1.29, 1.82) is 0 Å². The van der Waals surface area contributed by atoms with Crippen LogP contribution in [0.2, 0.25) is 0 Å². The van der Waals surface area contributed by atoms with E-state index in [1.165, 1.54) is 38.9 Å². The lowest BCUT2D eigenvalue weighted by molar-refractivity contribution is 0.253. The standard InChI is InChI=1S/C25H29N3O/c1-2-8-24-19(5-1)9-14-25(27-24)26-22-10-12-23(13-11-22)29-16-4-15-28-17-20-6-3-7-21(20)18-28/h1-2,5,8-14,20-21H,3-4,6-7,15-18H2,(H,26,27). The van der Waals surface area contributed by atoms with Gasteiger partial charge in [0.2, 0.25) is 0 Å². The van der Waals surface area contributed by atoms with E-state index in [9.17, 15) is 0 Å². The first-order chi connectivity index (χ1) is 14.3. The Hall–Kier alpha value is -2.59. The van der Waals surface area contributed by atoms with Crippen LogP contribution in [0, 0.1) is 11.8 Å². The smallest absolute Gasteiger partial charge is 0.131 e. The maximum Gasteiger partial charge on any atom is 0.131 e. The summed E-state index contributed by atoms with van der Waals surface area (Å²) in [5.41, 5.74) is 2.02. The monoisotopic (exact) mass is 387 g/mol. The molecule has 2 aromatic carbocycles. The van der Waals surface area contributed by atoms with Gasteiger partial charge in [-0.1, -0.05) is 24.6 Å². The Balaban J connectivity index is 1.08. The molecular weight excluding hydrogens is 358 g/mol. The molecule has 4 nitrogen and oxygen atoms in total. The van der Waals surface area contributed by atoms with Gasteiger partial charge in [0.25, 0.3) is 0 Å². The highest BCUT2D eigenvalue weighted by molar-refractivity contribution is 5.80. The van der Waals surface area contributed by atoms with Crippen LogP contribution in [0.4, 0.5) is 11.5 Å². The number of hydrogen-bond acceptors (Lipinski definition) is 4. The number of ether oxygens (including phenoxy) is 1. The fourth-order valence-electron chi connectivity index (χ4n) is 4.91. The number of benzene rings is 2. The summed E-state index contributed by atoms with van der Waals surface area (Å²) < 4.78 is 5.95. The third-order valence-electron chi connectivity index (χ3n) is 6.41. The van der Waals surface area contributed by atoms with Crippen molar-refractivity contribution in [3.05, 3.63) is 60.7 Å². The highest BCUT2D eigenvalue weighted by atomic mass is 16.5. The molecule has 5 rings (SSSR count). The molecule has 1 aromatic heterocycles. The van der Waals surface area contributed by atoms with E-state index in [1.54, 1.807) is 0 Å². The number of nitrogens with one attached hydrogen (secondary N) is 1. The SMILES string of the molecule is c1ccc2nc(Nc3ccc(OCCCN4CC5CCCC5C4)cc3)ccc2c1. The van der Waals surface area contributed by atoms with Gasteiger partial charge < -0.3 is 15.0 Å². The second kappa shape index (κ2) is 8.42. The van der Waals surface area contributed by atoms with Crippen molar-refractivity contribution in [3.63, 3.8) is 0 Å². The Morgan fingerprint density at radius 1 is 0.931 bits per heavy atom. The van der Waals surface area contributed by atoms with Crippen LogP contribution >= 0.6 is 0 Å². The molecule has 2 atom stereocenters. The molecule has 1 aliphatic carbocycles. The molecule has 4 heteroatoms. The maximum atomic E-state index is 5.95. The molecule has 1 N–H and O–H groups in total. The Kier molecular flexibility index (Phi) is 5.35.